The summed E-state index contributed by atoms with van der Waals surface area (Å²) in [4.78, 5) is 4.38. The molecular weight excluding hydrogens is 186 g/mol. The summed E-state index contributed by atoms with van der Waals surface area (Å²) in [6.45, 7) is 4.14. The summed E-state index contributed by atoms with van der Waals surface area (Å²) < 4.78 is 0. The number of aromatic nitrogens is 1. The van der Waals surface area contributed by atoms with Gasteiger partial charge in [0.1, 0.15) is 5.82 Å². The number of nitrogens with zero attached hydrogens (tertiary/aromatic N) is 1. The van der Waals surface area contributed by atoms with Gasteiger partial charge in [0, 0.05) is 12.2 Å². The molecule has 0 aliphatic heterocycles. The third kappa shape index (κ3) is 5.37. The second kappa shape index (κ2) is 7.23. The van der Waals surface area contributed by atoms with Crippen LogP contribution in [0.25, 0.3) is 0 Å². The minimum absolute atomic E-state index is 0.989. The monoisotopic (exact) mass is 207 g/mol. The van der Waals surface area contributed by atoms with Gasteiger partial charge in [-0.3, -0.25) is 0 Å². The summed E-state index contributed by atoms with van der Waals surface area (Å²) in [5, 5.41) is 6.48. The van der Waals surface area contributed by atoms with E-state index in [4.69, 9.17) is 0 Å². The molecule has 3 nitrogen and oxygen atoms in total. The van der Waals surface area contributed by atoms with E-state index < -0.39 is 0 Å². The third-order valence-electron chi connectivity index (χ3n) is 2.30. The molecule has 84 valence electrons. The number of anilines is 1. The number of aryl methyl sites for hydroxylation is 1. The van der Waals surface area contributed by atoms with E-state index >= 15 is 0 Å². The van der Waals surface area contributed by atoms with E-state index in [2.05, 4.69) is 15.6 Å². The van der Waals surface area contributed by atoms with Gasteiger partial charge in [-0.25, -0.2) is 4.98 Å². The molecule has 0 amide bonds. The van der Waals surface area contributed by atoms with Crippen LogP contribution in [0.4, 0.5) is 5.82 Å². The molecular formula is C12H21N3. The topological polar surface area (TPSA) is 37.0 Å². The maximum Gasteiger partial charge on any atom is 0.126 e. The molecule has 0 saturated heterocycles. The zero-order valence-electron chi connectivity index (χ0n) is 9.71. The normalized spacial score (nSPS) is 10.3. The van der Waals surface area contributed by atoms with Gasteiger partial charge < -0.3 is 10.6 Å². The standard InChI is InChI=1S/C12H21N3/c1-11-7-6-8-12(15-11)14-10-5-3-4-9-13-2/h6-8,13H,3-5,9-10H2,1-2H3,(H,14,15). The molecule has 1 aromatic heterocycles. The van der Waals surface area contributed by atoms with Gasteiger partial charge in [0.15, 0.2) is 0 Å². The Morgan fingerprint density at radius 2 is 1.93 bits per heavy atom. The van der Waals surface area contributed by atoms with Crippen molar-refractivity contribution in [1.29, 1.82) is 0 Å². The molecule has 0 fully saturated rings. The lowest BCUT2D eigenvalue weighted by Crippen LogP contribution is -2.08. The van der Waals surface area contributed by atoms with Gasteiger partial charge in [-0.1, -0.05) is 12.5 Å². The van der Waals surface area contributed by atoms with Gasteiger partial charge in [-0.15, -0.1) is 0 Å². The minimum Gasteiger partial charge on any atom is -0.370 e. The van der Waals surface area contributed by atoms with Crippen LogP contribution in [-0.4, -0.2) is 25.1 Å². The quantitative estimate of drug-likeness (QED) is 0.673. The van der Waals surface area contributed by atoms with E-state index in [9.17, 15) is 0 Å². The molecule has 0 radical (unpaired) electrons. The average Bonchev–Trinajstić information content (AvgIpc) is 2.23. The molecule has 0 aromatic carbocycles. The van der Waals surface area contributed by atoms with Crippen LogP contribution in [-0.2, 0) is 0 Å². The number of hydrogen-bond donors (Lipinski definition) is 2. The van der Waals surface area contributed by atoms with Gasteiger partial charge in [0.25, 0.3) is 0 Å². The average molecular weight is 207 g/mol. The SMILES string of the molecule is CNCCCCCNc1cccc(C)n1. The molecule has 0 saturated carbocycles. The van der Waals surface area contributed by atoms with Gasteiger partial charge in [-0.2, -0.15) is 0 Å². The summed E-state index contributed by atoms with van der Waals surface area (Å²) in [7, 11) is 1.99. The van der Waals surface area contributed by atoms with Crippen LogP contribution in [0, 0.1) is 6.92 Å². The highest BCUT2D eigenvalue weighted by molar-refractivity contribution is 5.34. The lowest BCUT2D eigenvalue weighted by atomic mass is 10.2. The highest BCUT2D eigenvalue weighted by Crippen LogP contribution is 2.04. The van der Waals surface area contributed by atoms with Crippen molar-refractivity contribution in [3.8, 4) is 0 Å². The molecule has 0 bridgehead atoms. The number of rotatable bonds is 7. The van der Waals surface area contributed by atoms with Crippen molar-refractivity contribution < 1.29 is 0 Å². The van der Waals surface area contributed by atoms with Crippen molar-refractivity contribution >= 4 is 5.82 Å². The van der Waals surface area contributed by atoms with Crippen molar-refractivity contribution in [3.63, 3.8) is 0 Å². The Bertz CT molecular complexity index is 273. The fourth-order valence-corrected chi connectivity index (χ4v) is 1.46. The molecule has 0 atom stereocenters. The summed E-state index contributed by atoms with van der Waals surface area (Å²) in [6, 6.07) is 6.06. The summed E-state index contributed by atoms with van der Waals surface area (Å²) in [5.41, 5.74) is 1.06. The second-order valence-corrected chi connectivity index (χ2v) is 3.76. The molecule has 15 heavy (non-hydrogen) atoms. The highest BCUT2D eigenvalue weighted by Gasteiger charge is 1.93. The van der Waals surface area contributed by atoms with Crippen molar-refractivity contribution in [2.75, 3.05) is 25.5 Å². The lowest BCUT2D eigenvalue weighted by molar-refractivity contribution is 0.655. The largest absolute Gasteiger partial charge is 0.370 e. The van der Waals surface area contributed by atoms with Crippen LogP contribution in [0.2, 0.25) is 0 Å². The highest BCUT2D eigenvalue weighted by atomic mass is 15.0. The Hall–Kier alpha value is -1.09. The van der Waals surface area contributed by atoms with Crippen LogP contribution in [0.1, 0.15) is 25.0 Å². The van der Waals surface area contributed by atoms with Crippen LogP contribution in [0.15, 0.2) is 18.2 Å². The lowest BCUT2D eigenvalue weighted by Gasteiger charge is -2.05. The van der Waals surface area contributed by atoms with Gasteiger partial charge in [0.2, 0.25) is 0 Å². The van der Waals surface area contributed by atoms with Crippen molar-refractivity contribution in [3.05, 3.63) is 23.9 Å². The number of nitrogens with one attached hydrogen (secondary N) is 2. The molecule has 0 aliphatic rings. The Morgan fingerprint density at radius 1 is 1.13 bits per heavy atom. The predicted molar refractivity (Wildman–Crippen MR) is 65.2 cm³/mol. The first kappa shape index (κ1) is 12.0. The Labute approximate surface area is 92.3 Å². The number of unbranched alkanes of at least 4 members (excludes halogenated alkanes) is 2. The van der Waals surface area contributed by atoms with Crippen LogP contribution in [0.5, 0.6) is 0 Å². The third-order valence-corrected chi connectivity index (χ3v) is 2.30. The first-order valence-electron chi connectivity index (χ1n) is 5.65. The molecule has 1 rings (SSSR count). The smallest absolute Gasteiger partial charge is 0.126 e. The Morgan fingerprint density at radius 3 is 2.67 bits per heavy atom. The van der Waals surface area contributed by atoms with Gasteiger partial charge in [-0.05, 0) is 45.5 Å². The van der Waals surface area contributed by atoms with Crippen LogP contribution in [0.3, 0.4) is 0 Å². The summed E-state index contributed by atoms with van der Waals surface area (Å²) in [6.07, 6.45) is 3.72. The summed E-state index contributed by atoms with van der Waals surface area (Å²) >= 11 is 0. The molecule has 0 unspecified atom stereocenters. The van der Waals surface area contributed by atoms with E-state index in [1.165, 1.54) is 19.3 Å². The summed E-state index contributed by atoms with van der Waals surface area (Å²) in [5.74, 6) is 0.989. The van der Waals surface area contributed by atoms with Crippen molar-refractivity contribution in [2.24, 2.45) is 0 Å². The first-order chi connectivity index (χ1) is 7.33. The fourth-order valence-electron chi connectivity index (χ4n) is 1.46. The van der Waals surface area contributed by atoms with Gasteiger partial charge in [0.05, 0.1) is 0 Å². The Balaban J connectivity index is 2.10. The second-order valence-electron chi connectivity index (χ2n) is 3.76. The molecule has 1 aromatic rings. The van der Waals surface area contributed by atoms with Crippen LogP contribution >= 0.6 is 0 Å². The van der Waals surface area contributed by atoms with Crippen molar-refractivity contribution in [2.45, 2.75) is 26.2 Å². The minimum atomic E-state index is 0.989. The van der Waals surface area contributed by atoms with E-state index in [1.807, 2.05) is 32.2 Å². The number of pyridine rings is 1. The van der Waals surface area contributed by atoms with Crippen molar-refractivity contribution in [1.82, 2.24) is 10.3 Å². The molecule has 0 aliphatic carbocycles. The Kier molecular flexibility index (Phi) is 5.78. The van der Waals surface area contributed by atoms with E-state index in [-0.39, 0.29) is 0 Å². The maximum atomic E-state index is 4.38. The first-order valence-corrected chi connectivity index (χ1v) is 5.65. The van der Waals surface area contributed by atoms with E-state index in [0.717, 1.165) is 24.6 Å². The molecule has 2 N–H and O–H groups in total. The predicted octanol–water partition coefficient (Wildman–Crippen LogP) is 2.19. The van der Waals surface area contributed by atoms with E-state index in [0.29, 0.717) is 0 Å². The zero-order chi connectivity index (χ0) is 10.9. The van der Waals surface area contributed by atoms with E-state index in [1.54, 1.807) is 0 Å². The number of hydrogen-bond acceptors (Lipinski definition) is 3. The maximum absolute atomic E-state index is 4.38. The molecule has 3 heteroatoms. The van der Waals surface area contributed by atoms with Crippen LogP contribution < -0.4 is 10.6 Å². The fraction of sp³-hybridized carbons (Fsp3) is 0.583. The zero-order valence-corrected chi connectivity index (χ0v) is 9.71. The molecule has 1 heterocycles. The van der Waals surface area contributed by atoms with Gasteiger partial charge >= 0.3 is 0 Å². The molecule has 0 spiro atoms.